The summed E-state index contributed by atoms with van der Waals surface area (Å²) in [6, 6.07) is 0.318. The minimum Gasteiger partial charge on any atom is -0.423 e. The van der Waals surface area contributed by atoms with Crippen LogP contribution in [0.15, 0.2) is 4.42 Å². The van der Waals surface area contributed by atoms with E-state index in [0.717, 1.165) is 19.4 Å². The Balaban J connectivity index is 2.00. The maximum absolute atomic E-state index is 5.87. The lowest BCUT2D eigenvalue weighted by Gasteiger charge is -2.37. The van der Waals surface area contributed by atoms with Gasteiger partial charge in [0.2, 0.25) is 11.8 Å². The van der Waals surface area contributed by atoms with Crippen LogP contribution in [0.25, 0.3) is 0 Å². The van der Waals surface area contributed by atoms with Gasteiger partial charge in [0, 0.05) is 31.7 Å². The monoisotopic (exact) mass is 282 g/mol. The maximum atomic E-state index is 5.87. The van der Waals surface area contributed by atoms with Gasteiger partial charge in [0.1, 0.15) is 0 Å². The molecule has 0 aliphatic carbocycles. The number of methoxy groups -OCH3 is 1. The topological polar surface area (TPSA) is 77.4 Å². The van der Waals surface area contributed by atoms with Gasteiger partial charge in [-0.05, 0) is 12.8 Å². The molecular formula is C14H26N4O2. The summed E-state index contributed by atoms with van der Waals surface area (Å²) in [5.41, 5.74) is 5.77. The van der Waals surface area contributed by atoms with E-state index in [9.17, 15) is 0 Å². The van der Waals surface area contributed by atoms with E-state index < -0.39 is 0 Å². The molecular weight excluding hydrogens is 256 g/mol. The van der Waals surface area contributed by atoms with Crippen molar-refractivity contribution in [2.24, 2.45) is 5.73 Å². The zero-order chi connectivity index (χ0) is 14.8. The predicted molar refractivity (Wildman–Crippen MR) is 76.3 cm³/mol. The highest BCUT2D eigenvalue weighted by molar-refractivity contribution is 4.96. The van der Waals surface area contributed by atoms with E-state index in [1.165, 1.54) is 0 Å². The Morgan fingerprint density at radius 2 is 2.15 bits per heavy atom. The molecule has 0 spiro atoms. The van der Waals surface area contributed by atoms with Crippen LogP contribution in [0.3, 0.4) is 0 Å². The minimum atomic E-state index is -0.110. The fourth-order valence-electron chi connectivity index (χ4n) is 2.52. The average Bonchev–Trinajstić information content (AvgIpc) is 2.87. The molecule has 1 aromatic rings. The molecule has 2 heterocycles. The standard InChI is InChI=1S/C14H26N4O2/c1-14(2,3)13-17-16-12(20-13)9-18-6-5-11(19-4)7-10(18)8-15/h10-11H,5-9,15H2,1-4H3. The fourth-order valence-corrected chi connectivity index (χ4v) is 2.52. The first-order valence-corrected chi connectivity index (χ1v) is 7.23. The first-order chi connectivity index (χ1) is 9.44. The van der Waals surface area contributed by atoms with Crippen molar-refractivity contribution in [1.82, 2.24) is 15.1 Å². The lowest BCUT2D eigenvalue weighted by molar-refractivity contribution is 0.00716. The van der Waals surface area contributed by atoms with E-state index in [-0.39, 0.29) is 5.41 Å². The molecule has 6 heteroatoms. The summed E-state index contributed by atoms with van der Waals surface area (Å²) >= 11 is 0. The van der Waals surface area contributed by atoms with Crippen LogP contribution in [-0.2, 0) is 16.7 Å². The zero-order valence-corrected chi connectivity index (χ0v) is 12.9. The third-order valence-corrected chi connectivity index (χ3v) is 3.84. The van der Waals surface area contributed by atoms with Crippen LogP contribution in [-0.4, -0.2) is 47.4 Å². The second kappa shape index (κ2) is 6.20. The summed E-state index contributed by atoms with van der Waals surface area (Å²) in [6.45, 7) is 8.44. The summed E-state index contributed by atoms with van der Waals surface area (Å²) in [5.74, 6) is 1.35. The first-order valence-electron chi connectivity index (χ1n) is 7.23. The van der Waals surface area contributed by atoms with Gasteiger partial charge < -0.3 is 14.9 Å². The highest BCUT2D eigenvalue weighted by Crippen LogP contribution is 2.23. The third-order valence-electron chi connectivity index (χ3n) is 3.84. The highest BCUT2D eigenvalue weighted by Gasteiger charge is 2.29. The molecule has 2 N–H and O–H groups in total. The summed E-state index contributed by atoms with van der Waals surface area (Å²) in [7, 11) is 1.77. The largest absolute Gasteiger partial charge is 0.423 e. The van der Waals surface area contributed by atoms with Crippen LogP contribution in [0, 0.1) is 0 Å². The maximum Gasteiger partial charge on any atom is 0.230 e. The number of nitrogens with zero attached hydrogens (tertiary/aromatic N) is 3. The number of likely N-dealkylation sites (tertiary alicyclic amines) is 1. The number of aromatic nitrogens is 2. The van der Waals surface area contributed by atoms with Crippen LogP contribution in [0.4, 0.5) is 0 Å². The Hall–Kier alpha value is -0.980. The number of ether oxygens (including phenoxy) is 1. The van der Waals surface area contributed by atoms with Crippen molar-refractivity contribution in [3.63, 3.8) is 0 Å². The first kappa shape index (κ1) is 15.4. The van der Waals surface area contributed by atoms with E-state index in [4.69, 9.17) is 14.9 Å². The molecule has 0 aromatic carbocycles. The number of nitrogens with two attached hydrogens (primary N) is 1. The lowest BCUT2D eigenvalue weighted by atomic mass is 9.97. The fraction of sp³-hybridized carbons (Fsp3) is 0.857. The molecule has 0 radical (unpaired) electrons. The molecule has 0 amide bonds. The Labute approximate surface area is 120 Å². The zero-order valence-electron chi connectivity index (χ0n) is 12.9. The lowest BCUT2D eigenvalue weighted by Crippen LogP contribution is -2.48. The van der Waals surface area contributed by atoms with Gasteiger partial charge in [0.15, 0.2) is 0 Å². The Morgan fingerprint density at radius 1 is 1.40 bits per heavy atom. The minimum absolute atomic E-state index is 0.110. The van der Waals surface area contributed by atoms with Crippen LogP contribution in [0.5, 0.6) is 0 Å². The van der Waals surface area contributed by atoms with Gasteiger partial charge in [-0.15, -0.1) is 10.2 Å². The van der Waals surface area contributed by atoms with E-state index in [2.05, 4.69) is 35.9 Å². The number of hydrogen-bond donors (Lipinski definition) is 1. The van der Waals surface area contributed by atoms with E-state index >= 15 is 0 Å². The van der Waals surface area contributed by atoms with Gasteiger partial charge in [-0.3, -0.25) is 4.90 Å². The van der Waals surface area contributed by atoms with Crippen molar-refractivity contribution in [1.29, 1.82) is 0 Å². The summed E-state index contributed by atoms with van der Waals surface area (Å²) < 4.78 is 11.2. The summed E-state index contributed by atoms with van der Waals surface area (Å²) in [6.07, 6.45) is 2.30. The van der Waals surface area contributed by atoms with E-state index in [1.54, 1.807) is 7.11 Å². The van der Waals surface area contributed by atoms with Crippen LogP contribution in [0.2, 0.25) is 0 Å². The molecule has 20 heavy (non-hydrogen) atoms. The molecule has 6 nitrogen and oxygen atoms in total. The molecule has 1 aliphatic rings. The molecule has 2 unspecified atom stereocenters. The molecule has 2 atom stereocenters. The third kappa shape index (κ3) is 3.56. The molecule has 2 rings (SSSR count). The number of piperidine rings is 1. The van der Waals surface area contributed by atoms with Gasteiger partial charge in [-0.1, -0.05) is 20.8 Å². The van der Waals surface area contributed by atoms with Crippen molar-refractivity contribution in [3.8, 4) is 0 Å². The van der Waals surface area contributed by atoms with Gasteiger partial charge >= 0.3 is 0 Å². The highest BCUT2D eigenvalue weighted by atomic mass is 16.5. The average molecular weight is 282 g/mol. The summed E-state index contributed by atoms with van der Waals surface area (Å²) in [4.78, 5) is 2.31. The number of rotatable bonds is 4. The molecule has 1 saturated heterocycles. The Morgan fingerprint density at radius 3 is 2.70 bits per heavy atom. The van der Waals surface area contributed by atoms with Gasteiger partial charge in [-0.2, -0.15) is 0 Å². The van der Waals surface area contributed by atoms with Crippen molar-refractivity contribution < 1.29 is 9.15 Å². The van der Waals surface area contributed by atoms with Crippen molar-refractivity contribution in [3.05, 3.63) is 11.8 Å². The van der Waals surface area contributed by atoms with Crippen molar-refractivity contribution in [2.75, 3.05) is 20.2 Å². The Bertz CT molecular complexity index is 427. The van der Waals surface area contributed by atoms with Crippen molar-refractivity contribution in [2.45, 2.75) is 57.7 Å². The summed E-state index contributed by atoms with van der Waals surface area (Å²) in [5, 5.41) is 8.29. The molecule has 114 valence electrons. The smallest absolute Gasteiger partial charge is 0.230 e. The van der Waals surface area contributed by atoms with Crippen molar-refractivity contribution >= 4 is 0 Å². The van der Waals surface area contributed by atoms with Crippen LogP contribution < -0.4 is 5.73 Å². The number of hydrogen-bond acceptors (Lipinski definition) is 6. The van der Waals surface area contributed by atoms with E-state index in [1.807, 2.05) is 0 Å². The van der Waals surface area contributed by atoms with Gasteiger partial charge in [-0.25, -0.2) is 0 Å². The quantitative estimate of drug-likeness (QED) is 0.897. The van der Waals surface area contributed by atoms with Gasteiger partial charge in [0.05, 0.1) is 12.6 Å². The normalized spacial score (nSPS) is 25.1. The van der Waals surface area contributed by atoms with E-state index in [0.29, 0.717) is 37.0 Å². The SMILES string of the molecule is COC1CCN(Cc2nnc(C(C)(C)C)o2)C(CN)C1. The second-order valence-corrected chi connectivity index (χ2v) is 6.49. The predicted octanol–water partition coefficient (Wildman–Crippen LogP) is 1.31. The molecule has 0 saturated carbocycles. The van der Waals surface area contributed by atoms with Crippen LogP contribution in [0.1, 0.15) is 45.4 Å². The van der Waals surface area contributed by atoms with Gasteiger partial charge in [0.25, 0.3) is 0 Å². The molecule has 1 aliphatic heterocycles. The molecule has 1 fully saturated rings. The second-order valence-electron chi connectivity index (χ2n) is 6.49. The molecule has 1 aromatic heterocycles. The molecule has 0 bridgehead atoms. The van der Waals surface area contributed by atoms with Crippen LogP contribution >= 0.6 is 0 Å². The Kier molecular flexibility index (Phi) is 4.78.